The van der Waals surface area contributed by atoms with Crippen LogP contribution in [0.15, 0.2) is 30.6 Å². The lowest BCUT2D eigenvalue weighted by atomic mass is 10.0. The summed E-state index contributed by atoms with van der Waals surface area (Å²) in [6, 6.07) is 6.24. The van der Waals surface area contributed by atoms with Gasteiger partial charge in [-0.25, -0.2) is 4.79 Å². The van der Waals surface area contributed by atoms with Gasteiger partial charge in [-0.3, -0.25) is 9.69 Å². The van der Waals surface area contributed by atoms with Gasteiger partial charge in [0.2, 0.25) is 5.91 Å². The molecule has 0 spiro atoms. The van der Waals surface area contributed by atoms with Gasteiger partial charge in [-0.15, -0.1) is 0 Å². The van der Waals surface area contributed by atoms with Gasteiger partial charge in [0.15, 0.2) is 0 Å². The van der Waals surface area contributed by atoms with E-state index in [-0.39, 0.29) is 11.9 Å². The van der Waals surface area contributed by atoms with E-state index >= 15 is 0 Å². The van der Waals surface area contributed by atoms with Gasteiger partial charge in [0, 0.05) is 70.5 Å². The van der Waals surface area contributed by atoms with Crippen LogP contribution in [0.2, 0.25) is 5.02 Å². The Labute approximate surface area is 204 Å². The maximum Gasteiger partial charge on any atom is 0.344 e. The number of halogens is 1. The van der Waals surface area contributed by atoms with Crippen LogP contribution in [-0.2, 0) is 16.1 Å². The number of ether oxygens (including phenoxy) is 1. The van der Waals surface area contributed by atoms with E-state index in [4.69, 9.17) is 16.3 Å². The molecule has 2 amide bonds. The van der Waals surface area contributed by atoms with E-state index in [0.717, 1.165) is 75.3 Å². The zero-order chi connectivity index (χ0) is 23.8. The fourth-order valence-electron chi connectivity index (χ4n) is 5.22. The number of aromatic nitrogens is 2. The first-order chi connectivity index (χ1) is 16.4. The smallest absolute Gasteiger partial charge is 0.344 e. The van der Waals surface area contributed by atoms with Crippen molar-refractivity contribution in [3.8, 4) is 0 Å². The predicted molar refractivity (Wildman–Crippen MR) is 130 cm³/mol. The number of nitrogens with zero attached hydrogens (tertiary/aromatic N) is 6. The van der Waals surface area contributed by atoms with Crippen LogP contribution in [0.3, 0.4) is 0 Å². The monoisotopic (exact) mass is 486 g/mol. The molecule has 2 aromatic rings. The molecular weight excluding hydrogens is 456 g/mol. The molecule has 182 valence electrons. The van der Waals surface area contributed by atoms with Crippen LogP contribution in [0, 0.1) is 11.8 Å². The first-order valence-corrected chi connectivity index (χ1v) is 12.2. The quantitative estimate of drug-likeness (QED) is 0.660. The van der Waals surface area contributed by atoms with E-state index in [0.29, 0.717) is 17.5 Å². The third-order valence-electron chi connectivity index (χ3n) is 7.26. The highest BCUT2D eigenvalue weighted by atomic mass is 35.5. The topological polar surface area (TPSA) is 74.2 Å². The Hall–Kier alpha value is -2.62. The van der Waals surface area contributed by atoms with Gasteiger partial charge in [-0.2, -0.15) is 9.78 Å². The zero-order valence-corrected chi connectivity index (χ0v) is 20.4. The van der Waals surface area contributed by atoms with Crippen LogP contribution in [-0.4, -0.2) is 91.0 Å². The zero-order valence-electron chi connectivity index (χ0n) is 19.7. The summed E-state index contributed by atoms with van der Waals surface area (Å²) < 4.78 is 6.78. The Morgan fingerprint density at radius 1 is 1.15 bits per heavy atom. The minimum absolute atomic E-state index is 0.0985. The number of carbonyl (C=O) groups is 2. The molecule has 3 aliphatic heterocycles. The second-order valence-electron chi connectivity index (χ2n) is 9.50. The molecule has 0 bridgehead atoms. The number of hydrogen-bond donors (Lipinski definition) is 0. The molecule has 1 aromatic heterocycles. The third-order valence-corrected chi connectivity index (χ3v) is 7.62. The van der Waals surface area contributed by atoms with Crippen molar-refractivity contribution >= 4 is 34.9 Å². The number of hydrogen-bond acceptors (Lipinski definition) is 6. The standard InChI is InChI=1S/C24H31ClN6O3/c1-17(32)27(2)22-10-26-31(16-22)24(33)30-14-19-12-28(13-20(19)15-30)11-18-3-4-21(9-23(18)25)29-5-7-34-8-6-29/h3-4,9-10,16,19-20H,5-8,11-15H2,1-2H3. The summed E-state index contributed by atoms with van der Waals surface area (Å²) in [6.45, 7) is 8.96. The van der Waals surface area contributed by atoms with Crippen molar-refractivity contribution in [3.63, 3.8) is 0 Å². The maximum atomic E-state index is 12.9. The third kappa shape index (κ3) is 4.64. The van der Waals surface area contributed by atoms with Crippen molar-refractivity contribution in [2.75, 3.05) is 69.3 Å². The molecule has 4 heterocycles. The Morgan fingerprint density at radius 3 is 2.50 bits per heavy atom. The summed E-state index contributed by atoms with van der Waals surface area (Å²) in [4.78, 5) is 32.6. The fraction of sp³-hybridized carbons (Fsp3) is 0.542. The molecule has 0 N–H and O–H groups in total. The maximum absolute atomic E-state index is 12.9. The molecule has 0 aliphatic carbocycles. The molecule has 2 atom stereocenters. The largest absolute Gasteiger partial charge is 0.378 e. The van der Waals surface area contributed by atoms with Gasteiger partial charge >= 0.3 is 6.03 Å². The van der Waals surface area contributed by atoms with E-state index < -0.39 is 0 Å². The first-order valence-electron chi connectivity index (χ1n) is 11.8. The second-order valence-corrected chi connectivity index (χ2v) is 9.91. The molecular formula is C24H31ClN6O3. The SMILES string of the molecule is CC(=O)N(C)c1cnn(C(=O)N2CC3CN(Cc4ccc(N5CCOCC5)cc4Cl)CC3C2)c1. The highest BCUT2D eigenvalue weighted by Crippen LogP contribution is 2.34. The molecule has 3 saturated heterocycles. The Morgan fingerprint density at radius 2 is 1.85 bits per heavy atom. The van der Waals surface area contributed by atoms with Crippen molar-refractivity contribution < 1.29 is 14.3 Å². The van der Waals surface area contributed by atoms with Gasteiger partial charge in [-0.05, 0) is 29.5 Å². The van der Waals surface area contributed by atoms with Crippen molar-refractivity contribution in [2.24, 2.45) is 11.8 Å². The van der Waals surface area contributed by atoms with Crippen molar-refractivity contribution in [3.05, 3.63) is 41.2 Å². The van der Waals surface area contributed by atoms with Crippen LogP contribution in [0.1, 0.15) is 12.5 Å². The summed E-state index contributed by atoms with van der Waals surface area (Å²) in [5.41, 5.74) is 2.91. The van der Waals surface area contributed by atoms with Gasteiger partial charge in [0.25, 0.3) is 0 Å². The van der Waals surface area contributed by atoms with Crippen LogP contribution in [0.5, 0.6) is 0 Å². The van der Waals surface area contributed by atoms with Crippen molar-refractivity contribution in [1.29, 1.82) is 0 Å². The normalized spacial score (nSPS) is 22.8. The lowest BCUT2D eigenvalue weighted by Crippen LogP contribution is -2.36. The lowest BCUT2D eigenvalue weighted by molar-refractivity contribution is -0.116. The van der Waals surface area contributed by atoms with Gasteiger partial charge in [-0.1, -0.05) is 17.7 Å². The number of morpholine rings is 1. The van der Waals surface area contributed by atoms with Gasteiger partial charge in [0.05, 0.1) is 31.3 Å². The van der Waals surface area contributed by atoms with Crippen LogP contribution in [0.25, 0.3) is 0 Å². The molecule has 5 rings (SSSR count). The van der Waals surface area contributed by atoms with E-state index in [1.54, 1.807) is 19.4 Å². The Bertz CT molecular complexity index is 1050. The van der Waals surface area contributed by atoms with E-state index in [9.17, 15) is 9.59 Å². The second kappa shape index (κ2) is 9.56. The molecule has 2 unspecified atom stereocenters. The lowest BCUT2D eigenvalue weighted by Gasteiger charge is -2.29. The molecule has 1 aromatic carbocycles. The molecule has 0 radical (unpaired) electrons. The Kier molecular flexibility index (Phi) is 6.50. The van der Waals surface area contributed by atoms with Crippen molar-refractivity contribution in [1.82, 2.24) is 19.6 Å². The number of carbonyl (C=O) groups excluding carboxylic acids is 2. The number of anilines is 2. The van der Waals surface area contributed by atoms with Crippen molar-refractivity contribution in [2.45, 2.75) is 13.5 Å². The number of amides is 2. The average molecular weight is 487 g/mol. The van der Waals surface area contributed by atoms with E-state index in [2.05, 4.69) is 33.1 Å². The van der Waals surface area contributed by atoms with E-state index in [1.165, 1.54) is 16.5 Å². The highest BCUT2D eigenvalue weighted by Gasteiger charge is 2.42. The number of fused-ring (bicyclic) bond motifs is 1. The molecule has 10 heteroatoms. The number of likely N-dealkylation sites (tertiary alicyclic amines) is 2. The summed E-state index contributed by atoms with van der Waals surface area (Å²) in [7, 11) is 1.67. The predicted octanol–water partition coefficient (Wildman–Crippen LogP) is 2.39. The summed E-state index contributed by atoms with van der Waals surface area (Å²) in [5.74, 6) is 0.800. The van der Waals surface area contributed by atoms with Crippen LogP contribution >= 0.6 is 11.6 Å². The molecule has 9 nitrogen and oxygen atoms in total. The summed E-state index contributed by atoms with van der Waals surface area (Å²) in [6.07, 6.45) is 3.17. The molecule has 34 heavy (non-hydrogen) atoms. The van der Waals surface area contributed by atoms with Crippen LogP contribution in [0.4, 0.5) is 16.2 Å². The average Bonchev–Trinajstić information content (AvgIpc) is 3.55. The van der Waals surface area contributed by atoms with Gasteiger partial charge in [0.1, 0.15) is 0 Å². The minimum atomic E-state index is -0.133. The highest BCUT2D eigenvalue weighted by molar-refractivity contribution is 6.31. The Balaban J connectivity index is 1.16. The summed E-state index contributed by atoms with van der Waals surface area (Å²) >= 11 is 6.65. The molecule has 3 aliphatic rings. The number of rotatable bonds is 4. The van der Waals surface area contributed by atoms with E-state index in [1.807, 2.05) is 4.90 Å². The summed E-state index contributed by atoms with van der Waals surface area (Å²) in [5, 5.41) is 4.98. The molecule has 3 fully saturated rings. The fourth-order valence-corrected chi connectivity index (χ4v) is 5.45. The molecule has 0 saturated carbocycles. The first kappa shape index (κ1) is 23.1. The minimum Gasteiger partial charge on any atom is -0.378 e. The van der Waals surface area contributed by atoms with Crippen LogP contribution < -0.4 is 9.80 Å². The van der Waals surface area contributed by atoms with Gasteiger partial charge < -0.3 is 19.4 Å². The number of benzene rings is 1.